The van der Waals surface area contributed by atoms with Crippen LogP contribution in [0, 0.1) is 5.92 Å². The van der Waals surface area contributed by atoms with Gasteiger partial charge in [-0.2, -0.15) is 0 Å². The minimum absolute atomic E-state index is 0.158. The molecule has 0 aromatic carbocycles. The molecule has 1 fully saturated rings. The van der Waals surface area contributed by atoms with Crippen LogP contribution >= 0.6 is 19.4 Å². The van der Waals surface area contributed by atoms with Crippen LogP contribution in [0.3, 0.4) is 0 Å². The SMILES string of the molecule is CCOP(=O)(OCC)C1NC(C(C)C)SC1(C)C. The molecule has 0 bridgehead atoms. The van der Waals surface area contributed by atoms with Crippen LogP contribution in [-0.2, 0) is 13.6 Å². The third kappa shape index (κ3) is 3.51. The van der Waals surface area contributed by atoms with Crippen LogP contribution in [0.5, 0.6) is 0 Å². The molecule has 0 aromatic rings. The van der Waals surface area contributed by atoms with Gasteiger partial charge < -0.3 is 9.05 Å². The first-order valence-electron chi connectivity index (χ1n) is 6.59. The lowest BCUT2D eigenvalue weighted by molar-refractivity contribution is 0.203. The molecule has 2 atom stereocenters. The molecule has 108 valence electrons. The smallest absolute Gasteiger partial charge is 0.308 e. The van der Waals surface area contributed by atoms with Gasteiger partial charge in [0.05, 0.1) is 18.6 Å². The van der Waals surface area contributed by atoms with Crippen molar-refractivity contribution in [2.24, 2.45) is 5.92 Å². The lowest BCUT2D eigenvalue weighted by Gasteiger charge is -2.31. The molecule has 1 saturated heterocycles. The summed E-state index contributed by atoms with van der Waals surface area (Å²) in [7, 11) is -3.10. The lowest BCUT2D eigenvalue weighted by atomic mass is 10.2. The van der Waals surface area contributed by atoms with E-state index in [0.717, 1.165) is 0 Å². The van der Waals surface area contributed by atoms with Gasteiger partial charge in [0.15, 0.2) is 0 Å². The Morgan fingerprint density at radius 2 is 1.78 bits per heavy atom. The Hall–Kier alpha value is 0.460. The predicted octanol–water partition coefficient (Wildman–Crippen LogP) is 3.68. The van der Waals surface area contributed by atoms with E-state index in [1.54, 1.807) is 0 Å². The predicted molar refractivity (Wildman–Crippen MR) is 78.1 cm³/mol. The van der Waals surface area contributed by atoms with Crippen molar-refractivity contribution in [2.45, 2.75) is 57.4 Å². The zero-order valence-electron chi connectivity index (χ0n) is 12.2. The first kappa shape index (κ1) is 16.5. The van der Waals surface area contributed by atoms with Gasteiger partial charge in [-0.25, -0.2) is 0 Å². The molecule has 1 N–H and O–H groups in total. The molecule has 0 radical (unpaired) electrons. The molecule has 0 aromatic heterocycles. The van der Waals surface area contributed by atoms with E-state index >= 15 is 0 Å². The minimum atomic E-state index is -3.10. The molecule has 0 aliphatic carbocycles. The summed E-state index contributed by atoms with van der Waals surface area (Å²) in [5.74, 6) is 0.235. The molecule has 1 aliphatic heterocycles. The summed E-state index contributed by atoms with van der Waals surface area (Å²) < 4.78 is 23.7. The van der Waals surface area contributed by atoms with Gasteiger partial charge in [0.25, 0.3) is 0 Å². The summed E-state index contributed by atoms with van der Waals surface area (Å²) in [6.07, 6.45) is 0. The Morgan fingerprint density at radius 3 is 2.11 bits per heavy atom. The number of hydrogen-bond donors (Lipinski definition) is 1. The normalized spacial score (nSPS) is 27.9. The second-order valence-corrected chi connectivity index (χ2v) is 9.24. The van der Waals surface area contributed by atoms with Crippen molar-refractivity contribution in [3.63, 3.8) is 0 Å². The maximum atomic E-state index is 12.9. The average molecular weight is 295 g/mol. The minimum Gasteiger partial charge on any atom is -0.308 e. The van der Waals surface area contributed by atoms with E-state index in [2.05, 4.69) is 33.0 Å². The summed E-state index contributed by atoms with van der Waals surface area (Å²) in [5, 5.41) is 3.73. The fourth-order valence-corrected chi connectivity index (χ4v) is 6.32. The summed E-state index contributed by atoms with van der Waals surface area (Å²) in [5.41, 5.74) is 0. The van der Waals surface area contributed by atoms with Crippen LogP contribution in [0.25, 0.3) is 0 Å². The maximum absolute atomic E-state index is 12.9. The first-order valence-corrected chi connectivity index (χ1v) is 9.08. The quantitative estimate of drug-likeness (QED) is 0.758. The second-order valence-electron chi connectivity index (χ2n) is 5.33. The Balaban J connectivity index is 2.94. The van der Waals surface area contributed by atoms with Gasteiger partial charge in [-0.3, -0.25) is 9.88 Å². The highest BCUT2D eigenvalue weighted by Crippen LogP contribution is 2.61. The summed E-state index contributed by atoms with van der Waals surface area (Å²) in [6, 6.07) is 0. The molecule has 1 heterocycles. The Kier molecular flexibility index (Phi) is 5.76. The number of nitrogens with one attached hydrogen (secondary N) is 1. The first-order chi connectivity index (χ1) is 8.27. The molecule has 1 rings (SSSR count). The highest BCUT2D eigenvalue weighted by Gasteiger charge is 2.52. The number of thioether (sulfide) groups is 1. The molecule has 0 spiro atoms. The van der Waals surface area contributed by atoms with Crippen LogP contribution in [-0.4, -0.2) is 29.1 Å². The molecule has 1 aliphatic rings. The molecule has 2 unspecified atom stereocenters. The van der Waals surface area contributed by atoms with E-state index in [-0.39, 0.29) is 10.5 Å². The van der Waals surface area contributed by atoms with E-state index in [0.29, 0.717) is 24.5 Å². The highest BCUT2D eigenvalue weighted by molar-refractivity contribution is 8.01. The maximum Gasteiger partial charge on any atom is 0.348 e. The fraction of sp³-hybridized carbons (Fsp3) is 1.00. The van der Waals surface area contributed by atoms with Gasteiger partial charge in [-0.1, -0.05) is 13.8 Å². The van der Waals surface area contributed by atoms with Crippen molar-refractivity contribution in [3.8, 4) is 0 Å². The molecular formula is C12H26NO3PS. The van der Waals surface area contributed by atoms with Gasteiger partial charge in [-0.05, 0) is 33.6 Å². The Morgan fingerprint density at radius 1 is 1.28 bits per heavy atom. The van der Waals surface area contributed by atoms with E-state index in [1.807, 2.05) is 25.6 Å². The third-order valence-corrected chi connectivity index (χ3v) is 7.57. The standard InChI is InChI=1S/C12H26NO3PS/c1-7-15-17(14,16-8-2)11-12(5,6)18-10(13-11)9(3)4/h9-11,13H,7-8H2,1-6H3. The van der Waals surface area contributed by atoms with Gasteiger partial charge >= 0.3 is 7.60 Å². The van der Waals surface area contributed by atoms with E-state index in [9.17, 15) is 4.57 Å². The van der Waals surface area contributed by atoms with Crippen LogP contribution in [0.1, 0.15) is 41.5 Å². The summed E-state index contributed by atoms with van der Waals surface area (Å²) in [6.45, 7) is 13.0. The van der Waals surface area contributed by atoms with Crippen LogP contribution in [0.2, 0.25) is 0 Å². The zero-order valence-corrected chi connectivity index (χ0v) is 13.9. The third-order valence-electron chi connectivity index (χ3n) is 2.95. The number of rotatable bonds is 6. The molecule has 0 saturated carbocycles. The zero-order chi connectivity index (χ0) is 14.0. The van der Waals surface area contributed by atoms with Crippen molar-refractivity contribution in [1.82, 2.24) is 5.32 Å². The fourth-order valence-electron chi connectivity index (χ4n) is 2.13. The summed E-state index contributed by atoms with van der Waals surface area (Å²) >= 11 is 1.82. The monoisotopic (exact) mass is 295 g/mol. The number of hydrogen-bond acceptors (Lipinski definition) is 5. The largest absolute Gasteiger partial charge is 0.348 e. The van der Waals surface area contributed by atoms with Crippen molar-refractivity contribution in [2.75, 3.05) is 13.2 Å². The molecule has 0 amide bonds. The van der Waals surface area contributed by atoms with Gasteiger partial charge in [0.1, 0.15) is 5.78 Å². The van der Waals surface area contributed by atoms with Crippen molar-refractivity contribution >= 4 is 19.4 Å². The van der Waals surface area contributed by atoms with Crippen molar-refractivity contribution in [1.29, 1.82) is 0 Å². The van der Waals surface area contributed by atoms with Gasteiger partial charge in [-0.15, -0.1) is 11.8 Å². The van der Waals surface area contributed by atoms with Crippen LogP contribution < -0.4 is 5.32 Å². The molecule has 4 nitrogen and oxygen atoms in total. The van der Waals surface area contributed by atoms with E-state index < -0.39 is 7.60 Å². The highest BCUT2D eigenvalue weighted by atomic mass is 32.2. The molecule has 6 heteroatoms. The van der Waals surface area contributed by atoms with Crippen molar-refractivity contribution < 1.29 is 13.6 Å². The van der Waals surface area contributed by atoms with Gasteiger partial charge in [0.2, 0.25) is 0 Å². The molecular weight excluding hydrogens is 269 g/mol. The molecule has 18 heavy (non-hydrogen) atoms. The summed E-state index contributed by atoms with van der Waals surface area (Å²) in [4.78, 5) is 0. The van der Waals surface area contributed by atoms with Gasteiger partial charge in [0, 0.05) is 4.75 Å². The Labute approximate surface area is 115 Å². The second kappa shape index (κ2) is 6.27. The topological polar surface area (TPSA) is 47.6 Å². The van der Waals surface area contributed by atoms with E-state index in [4.69, 9.17) is 9.05 Å². The van der Waals surface area contributed by atoms with Crippen LogP contribution in [0.15, 0.2) is 0 Å². The Bertz CT molecular complexity index is 312. The average Bonchev–Trinajstić information content (AvgIpc) is 2.55. The van der Waals surface area contributed by atoms with Crippen LogP contribution in [0.4, 0.5) is 0 Å². The van der Waals surface area contributed by atoms with E-state index in [1.165, 1.54) is 0 Å². The lowest BCUT2D eigenvalue weighted by Crippen LogP contribution is -2.40. The van der Waals surface area contributed by atoms with Crippen molar-refractivity contribution in [3.05, 3.63) is 0 Å².